The Morgan fingerprint density at radius 2 is 2.33 bits per heavy atom. The van der Waals surface area contributed by atoms with Crippen molar-refractivity contribution in [3.8, 4) is 0 Å². The topological polar surface area (TPSA) is 62.9 Å². The molecule has 2 aliphatic rings. The van der Waals surface area contributed by atoms with E-state index in [0.717, 1.165) is 25.0 Å². The first-order chi connectivity index (χ1) is 10.2. The second-order valence-corrected chi connectivity index (χ2v) is 5.91. The summed E-state index contributed by atoms with van der Waals surface area (Å²) in [6, 6.07) is 1.72. The van der Waals surface area contributed by atoms with Gasteiger partial charge in [-0.05, 0) is 18.9 Å². The van der Waals surface area contributed by atoms with E-state index in [1.165, 1.54) is 0 Å². The van der Waals surface area contributed by atoms with Crippen LogP contribution in [0.4, 0.5) is 0 Å². The van der Waals surface area contributed by atoms with Crippen molar-refractivity contribution >= 4 is 5.91 Å². The molecule has 1 N–H and O–H groups in total. The van der Waals surface area contributed by atoms with E-state index in [1.54, 1.807) is 12.3 Å². The third kappa shape index (κ3) is 2.72. The molecule has 5 heteroatoms. The van der Waals surface area contributed by atoms with E-state index >= 15 is 0 Å². The molecule has 1 aliphatic carbocycles. The van der Waals surface area contributed by atoms with Crippen LogP contribution in [0.1, 0.15) is 42.3 Å². The minimum absolute atomic E-state index is 0.00741. The molecule has 1 aromatic rings. The average molecular weight is 293 g/mol. The average Bonchev–Trinajstić information content (AvgIpc) is 3.14. The summed E-state index contributed by atoms with van der Waals surface area (Å²) in [6.07, 6.45) is 4.78. The number of ether oxygens (including phenoxy) is 1. The molecule has 1 saturated carbocycles. The van der Waals surface area contributed by atoms with Crippen molar-refractivity contribution in [2.75, 3.05) is 19.8 Å². The predicted molar refractivity (Wildman–Crippen MR) is 77.1 cm³/mol. The summed E-state index contributed by atoms with van der Waals surface area (Å²) in [4.78, 5) is 14.7. The molecule has 3 rings (SSSR count). The molecule has 3 atom stereocenters. The Labute approximate surface area is 124 Å². The number of aryl methyl sites for hydroxylation is 1. The fraction of sp³-hybridized carbons (Fsp3) is 0.688. The summed E-state index contributed by atoms with van der Waals surface area (Å²) in [6.45, 7) is 3.64. The van der Waals surface area contributed by atoms with Crippen LogP contribution < -0.4 is 0 Å². The zero-order valence-electron chi connectivity index (χ0n) is 12.5. The number of carbonyl (C=O) groups excluding carboxylic acids is 1. The van der Waals surface area contributed by atoms with Gasteiger partial charge in [0.05, 0.1) is 37.2 Å². The number of hydrogen-bond donors (Lipinski definition) is 1. The summed E-state index contributed by atoms with van der Waals surface area (Å²) in [5, 5.41) is 10.2. The second-order valence-electron chi connectivity index (χ2n) is 5.91. The quantitative estimate of drug-likeness (QED) is 0.923. The maximum atomic E-state index is 12.8. The lowest BCUT2D eigenvalue weighted by Gasteiger charge is -2.40. The van der Waals surface area contributed by atoms with E-state index in [2.05, 4.69) is 0 Å². The highest BCUT2D eigenvalue weighted by atomic mass is 16.5. The zero-order valence-corrected chi connectivity index (χ0v) is 12.5. The molecule has 2 heterocycles. The first kappa shape index (κ1) is 14.6. The van der Waals surface area contributed by atoms with Crippen LogP contribution in [0.5, 0.6) is 0 Å². The summed E-state index contributed by atoms with van der Waals surface area (Å²) in [7, 11) is 0. The highest BCUT2D eigenvalue weighted by molar-refractivity contribution is 5.95. The van der Waals surface area contributed by atoms with E-state index in [-0.39, 0.29) is 24.0 Å². The molecule has 21 heavy (non-hydrogen) atoms. The van der Waals surface area contributed by atoms with Crippen LogP contribution in [0.3, 0.4) is 0 Å². The summed E-state index contributed by atoms with van der Waals surface area (Å²) < 4.78 is 10.9. The molecule has 0 unspecified atom stereocenters. The van der Waals surface area contributed by atoms with Crippen molar-refractivity contribution in [3.05, 3.63) is 23.7 Å². The van der Waals surface area contributed by atoms with Gasteiger partial charge >= 0.3 is 0 Å². The summed E-state index contributed by atoms with van der Waals surface area (Å²) in [5.41, 5.74) is 0.650. The zero-order chi connectivity index (χ0) is 14.8. The molecule has 0 radical (unpaired) electrons. The van der Waals surface area contributed by atoms with Gasteiger partial charge in [0, 0.05) is 18.9 Å². The number of hydrogen-bond acceptors (Lipinski definition) is 4. The smallest absolute Gasteiger partial charge is 0.257 e. The van der Waals surface area contributed by atoms with Gasteiger partial charge in [0.15, 0.2) is 0 Å². The van der Waals surface area contributed by atoms with Crippen LogP contribution in [0.15, 0.2) is 16.7 Å². The Hall–Kier alpha value is -1.33. The van der Waals surface area contributed by atoms with Crippen LogP contribution in [-0.2, 0) is 11.2 Å². The number of aliphatic hydroxyl groups is 1. The standard InChI is InChI=1S/C16H23NO4/c1-2-15-12(6-8-21-15)16(19)17-7-9-20-10-13(17)11-4-3-5-14(11)18/h6,8,11,13-14,18H,2-5,7,9-10H2,1H3/t11-,13+,14-/m0/s1. The lowest BCUT2D eigenvalue weighted by Crippen LogP contribution is -2.53. The minimum Gasteiger partial charge on any atom is -0.469 e. The minimum atomic E-state index is -0.318. The molecule has 1 aromatic heterocycles. The van der Waals surface area contributed by atoms with Gasteiger partial charge < -0.3 is 19.2 Å². The molecule has 1 aliphatic heterocycles. The third-order valence-electron chi connectivity index (χ3n) is 4.75. The summed E-state index contributed by atoms with van der Waals surface area (Å²) in [5.74, 6) is 0.872. The van der Waals surface area contributed by atoms with Crippen LogP contribution in [0.25, 0.3) is 0 Å². The third-order valence-corrected chi connectivity index (χ3v) is 4.75. The highest BCUT2D eigenvalue weighted by Crippen LogP contribution is 2.33. The maximum Gasteiger partial charge on any atom is 0.257 e. The fourth-order valence-electron chi connectivity index (χ4n) is 3.61. The van der Waals surface area contributed by atoms with Gasteiger partial charge in [-0.25, -0.2) is 0 Å². The van der Waals surface area contributed by atoms with Gasteiger partial charge in [-0.15, -0.1) is 0 Å². The molecule has 116 valence electrons. The number of furan rings is 1. The van der Waals surface area contributed by atoms with Gasteiger partial charge in [0.2, 0.25) is 0 Å². The molecular weight excluding hydrogens is 270 g/mol. The maximum absolute atomic E-state index is 12.8. The van der Waals surface area contributed by atoms with E-state index in [4.69, 9.17) is 9.15 Å². The van der Waals surface area contributed by atoms with Crippen molar-refractivity contribution in [2.24, 2.45) is 5.92 Å². The lowest BCUT2D eigenvalue weighted by molar-refractivity contribution is -0.0384. The Balaban J connectivity index is 1.82. The molecule has 2 fully saturated rings. The number of amides is 1. The Bertz CT molecular complexity index is 498. The largest absolute Gasteiger partial charge is 0.469 e. The molecule has 1 amide bonds. The van der Waals surface area contributed by atoms with Crippen LogP contribution in [0.2, 0.25) is 0 Å². The highest BCUT2D eigenvalue weighted by Gasteiger charge is 2.40. The van der Waals surface area contributed by atoms with Crippen molar-refractivity contribution in [1.29, 1.82) is 0 Å². The second kappa shape index (κ2) is 6.20. The molecule has 5 nitrogen and oxygen atoms in total. The number of aliphatic hydroxyl groups excluding tert-OH is 1. The first-order valence-electron chi connectivity index (χ1n) is 7.85. The SMILES string of the molecule is CCc1occc1C(=O)N1CCOC[C@@H]1[C@@H]1CCC[C@@H]1O. The van der Waals surface area contributed by atoms with E-state index in [0.29, 0.717) is 31.7 Å². The lowest BCUT2D eigenvalue weighted by atomic mass is 9.93. The number of rotatable bonds is 3. The van der Waals surface area contributed by atoms with Crippen LogP contribution in [-0.4, -0.2) is 47.8 Å². The van der Waals surface area contributed by atoms with E-state index in [1.807, 2.05) is 11.8 Å². The van der Waals surface area contributed by atoms with Crippen LogP contribution >= 0.6 is 0 Å². The first-order valence-corrected chi connectivity index (χ1v) is 7.85. The monoisotopic (exact) mass is 293 g/mol. The van der Waals surface area contributed by atoms with E-state index in [9.17, 15) is 9.90 Å². The predicted octanol–water partition coefficient (Wildman–Crippen LogP) is 1.84. The molecule has 1 saturated heterocycles. The van der Waals surface area contributed by atoms with Gasteiger partial charge in [-0.2, -0.15) is 0 Å². The number of morpholine rings is 1. The van der Waals surface area contributed by atoms with Gasteiger partial charge in [0.25, 0.3) is 5.91 Å². The fourth-order valence-corrected chi connectivity index (χ4v) is 3.61. The molecule has 0 aromatic carbocycles. The Morgan fingerprint density at radius 3 is 3.05 bits per heavy atom. The normalized spacial score (nSPS) is 29.8. The van der Waals surface area contributed by atoms with Gasteiger partial charge in [-0.3, -0.25) is 4.79 Å². The van der Waals surface area contributed by atoms with Crippen molar-refractivity contribution in [3.63, 3.8) is 0 Å². The van der Waals surface area contributed by atoms with E-state index < -0.39 is 0 Å². The Kier molecular flexibility index (Phi) is 4.31. The van der Waals surface area contributed by atoms with Crippen molar-refractivity contribution in [1.82, 2.24) is 4.90 Å². The Morgan fingerprint density at radius 1 is 1.48 bits per heavy atom. The van der Waals surface area contributed by atoms with Crippen LogP contribution in [0, 0.1) is 5.92 Å². The molecule has 0 spiro atoms. The molecular formula is C16H23NO4. The van der Waals surface area contributed by atoms with Gasteiger partial charge in [-0.1, -0.05) is 13.3 Å². The van der Waals surface area contributed by atoms with Crippen molar-refractivity contribution < 1.29 is 19.1 Å². The number of nitrogens with zero attached hydrogens (tertiary/aromatic N) is 1. The summed E-state index contributed by atoms with van der Waals surface area (Å²) >= 11 is 0. The molecule has 0 bridgehead atoms. The number of carbonyl (C=O) groups is 1. The van der Waals surface area contributed by atoms with Gasteiger partial charge in [0.1, 0.15) is 5.76 Å². The van der Waals surface area contributed by atoms with Crippen molar-refractivity contribution in [2.45, 2.75) is 44.8 Å².